The van der Waals surface area contributed by atoms with Gasteiger partial charge in [0.2, 0.25) is 0 Å². The Morgan fingerprint density at radius 3 is 2.60 bits per heavy atom. The number of hydrogen-bond acceptors (Lipinski definition) is 3. The number of aryl methyl sites for hydroxylation is 1. The molecule has 1 heterocycles. The standard InChI is InChI=1S/C16H22N2O2/c1-12-2-4-14(5-3-12)18(11-16(19)20)15-8-9-17(10-15)13-6-7-13/h2-5,13,15H,6-11H2,1H3,(H,19,20). The fourth-order valence-electron chi connectivity index (χ4n) is 3.11. The first kappa shape index (κ1) is 13.4. The largest absolute Gasteiger partial charge is 0.480 e. The zero-order chi connectivity index (χ0) is 14.1. The molecule has 1 atom stereocenters. The average Bonchev–Trinajstić information content (AvgIpc) is 3.15. The maximum atomic E-state index is 11.2. The van der Waals surface area contributed by atoms with Gasteiger partial charge >= 0.3 is 5.97 Å². The highest BCUT2D eigenvalue weighted by Crippen LogP contribution is 2.32. The Bertz CT molecular complexity index is 482. The molecular formula is C16H22N2O2. The molecule has 3 rings (SSSR count). The first-order chi connectivity index (χ1) is 9.63. The summed E-state index contributed by atoms with van der Waals surface area (Å²) >= 11 is 0. The second-order valence-corrected chi connectivity index (χ2v) is 6.03. The van der Waals surface area contributed by atoms with Crippen LogP contribution in [0, 0.1) is 6.92 Å². The van der Waals surface area contributed by atoms with E-state index in [0.29, 0.717) is 6.04 Å². The van der Waals surface area contributed by atoms with Crippen LogP contribution in [-0.4, -0.2) is 47.7 Å². The molecule has 0 aromatic heterocycles. The summed E-state index contributed by atoms with van der Waals surface area (Å²) in [5.41, 5.74) is 2.23. The third kappa shape index (κ3) is 2.96. The number of anilines is 1. The summed E-state index contributed by atoms with van der Waals surface area (Å²) in [7, 11) is 0. The van der Waals surface area contributed by atoms with Crippen molar-refractivity contribution in [2.45, 2.75) is 38.3 Å². The van der Waals surface area contributed by atoms with Crippen LogP contribution in [0.1, 0.15) is 24.8 Å². The molecular weight excluding hydrogens is 252 g/mol. The molecule has 1 saturated carbocycles. The Labute approximate surface area is 120 Å². The van der Waals surface area contributed by atoms with Gasteiger partial charge in [-0.3, -0.25) is 9.69 Å². The lowest BCUT2D eigenvalue weighted by molar-refractivity contribution is -0.135. The Hall–Kier alpha value is -1.55. The predicted octanol–water partition coefficient (Wildman–Crippen LogP) is 2.12. The minimum atomic E-state index is -0.754. The Kier molecular flexibility index (Phi) is 3.66. The minimum Gasteiger partial charge on any atom is -0.480 e. The van der Waals surface area contributed by atoms with E-state index in [1.807, 2.05) is 12.1 Å². The number of aliphatic carboxylic acids is 1. The molecule has 1 aromatic carbocycles. The maximum absolute atomic E-state index is 11.2. The third-order valence-electron chi connectivity index (χ3n) is 4.37. The van der Waals surface area contributed by atoms with Crippen molar-refractivity contribution in [2.75, 3.05) is 24.5 Å². The van der Waals surface area contributed by atoms with E-state index in [1.54, 1.807) is 0 Å². The van der Waals surface area contributed by atoms with Crippen LogP contribution in [0.25, 0.3) is 0 Å². The van der Waals surface area contributed by atoms with E-state index in [9.17, 15) is 9.90 Å². The molecule has 4 nitrogen and oxygen atoms in total. The van der Waals surface area contributed by atoms with Gasteiger partial charge in [0.1, 0.15) is 6.54 Å². The lowest BCUT2D eigenvalue weighted by Crippen LogP contribution is -2.41. The van der Waals surface area contributed by atoms with Gasteiger partial charge in [-0.05, 0) is 38.3 Å². The van der Waals surface area contributed by atoms with Gasteiger partial charge in [-0.1, -0.05) is 17.7 Å². The summed E-state index contributed by atoms with van der Waals surface area (Å²) in [6, 6.07) is 9.28. The summed E-state index contributed by atoms with van der Waals surface area (Å²) in [6.07, 6.45) is 3.70. The van der Waals surface area contributed by atoms with Crippen molar-refractivity contribution in [3.05, 3.63) is 29.8 Å². The van der Waals surface area contributed by atoms with Crippen molar-refractivity contribution in [1.29, 1.82) is 0 Å². The van der Waals surface area contributed by atoms with Crippen LogP contribution in [0.2, 0.25) is 0 Å². The molecule has 0 amide bonds. The van der Waals surface area contributed by atoms with Gasteiger partial charge in [-0.25, -0.2) is 0 Å². The number of rotatable bonds is 5. The zero-order valence-electron chi connectivity index (χ0n) is 12.0. The van der Waals surface area contributed by atoms with Crippen LogP contribution >= 0.6 is 0 Å². The summed E-state index contributed by atoms with van der Waals surface area (Å²) in [5, 5.41) is 9.19. The highest BCUT2D eigenvalue weighted by Gasteiger charge is 2.36. The maximum Gasteiger partial charge on any atom is 0.323 e. The van der Waals surface area contributed by atoms with E-state index in [0.717, 1.165) is 31.2 Å². The van der Waals surface area contributed by atoms with Crippen molar-refractivity contribution >= 4 is 11.7 Å². The molecule has 1 aliphatic heterocycles. The molecule has 0 spiro atoms. The number of carboxylic acid groups (broad SMARTS) is 1. The monoisotopic (exact) mass is 274 g/mol. The Morgan fingerprint density at radius 2 is 2.00 bits per heavy atom. The van der Waals surface area contributed by atoms with E-state index < -0.39 is 5.97 Å². The molecule has 4 heteroatoms. The topological polar surface area (TPSA) is 43.8 Å². The van der Waals surface area contributed by atoms with Crippen LogP contribution in [0.15, 0.2) is 24.3 Å². The highest BCUT2D eigenvalue weighted by molar-refractivity contribution is 5.74. The second-order valence-electron chi connectivity index (χ2n) is 6.03. The van der Waals surface area contributed by atoms with Gasteiger partial charge in [-0.15, -0.1) is 0 Å². The molecule has 1 N–H and O–H groups in total. The number of carboxylic acids is 1. The van der Waals surface area contributed by atoms with Gasteiger partial charge in [-0.2, -0.15) is 0 Å². The first-order valence-corrected chi connectivity index (χ1v) is 7.42. The number of hydrogen-bond donors (Lipinski definition) is 1. The fourth-order valence-corrected chi connectivity index (χ4v) is 3.11. The molecule has 1 aliphatic carbocycles. The predicted molar refractivity (Wildman–Crippen MR) is 79.2 cm³/mol. The van der Waals surface area contributed by atoms with Crippen LogP contribution in [0.3, 0.4) is 0 Å². The smallest absolute Gasteiger partial charge is 0.323 e. The van der Waals surface area contributed by atoms with E-state index in [-0.39, 0.29) is 6.54 Å². The minimum absolute atomic E-state index is 0.0895. The summed E-state index contributed by atoms with van der Waals surface area (Å²) in [4.78, 5) is 15.8. The number of likely N-dealkylation sites (tertiary alicyclic amines) is 1. The highest BCUT2D eigenvalue weighted by atomic mass is 16.4. The Balaban J connectivity index is 1.75. The molecule has 108 valence electrons. The van der Waals surface area contributed by atoms with Crippen LogP contribution < -0.4 is 4.90 Å². The van der Waals surface area contributed by atoms with E-state index in [1.165, 1.54) is 18.4 Å². The van der Waals surface area contributed by atoms with Crippen LogP contribution in [0.5, 0.6) is 0 Å². The van der Waals surface area contributed by atoms with Gasteiger partial charge in [0.15, 0.2) is 0 Å². The number of carbonyl (C=O) groups is 1. The van der Waals surface area contributed by atoms with E-state index in [4.69, 9.17) is 0 Å². The summed E-state index contributed by atoms with van der Waals surface area (Å²) in [6.45, 7) is 4.26. The van der Waals surface area contributed by atoms with E-state index in [2.05, 4.69) is 28.9 Å². The molecule has 2 fully saturated rings. The van der Waals surface area contributed by atoms with Crippen molar-refractivity contribution < 1.29 is 9.90 Å². The normalized spacial score (nSPS) is 22.9. The summed E-state index contributed by atoms with van der Waals surface area (Å²) < 4.78 is 0. The molecule has 0 radical (unpaired) electrons. The lowest BCUT2D eigenvalue weighted by atomic mass is 10.1. The lowest BCUT2D eigenvalue weighted by Gasteiger charge is -2.30. The first-order valence-electron chi connectivity index (χ1n) is 7.42. The van der Waals surface area contributed by atoms with Crippen molar-refractivity contribution in [1.82, 2.24) is 4.90 Å². The van der Waals surface area contributed by atoms with Crippen LogP contribution in [-0.2, 0) is 4.79 Å². The Morgan fingerprint density at radius 1 is 1.30 bits per heavy atom. The average molecular weight is 274 g/mol. The van der Waals surface area contributed by atoms with Gasteiger partial charge in [0.05, 0.1) is 0 Å². The molecule has 0 bridgehead atoms. The van der Waals surface area contributed by atoms with Crippen molar-refractivity contribution in [3.63, 3.8) is 0 Å². The number of benzene rings is 1. The fraction of sp³-hybridized carbons (Fsp3) is 0.562. The van der Waals surface area contributed by atoms with E-state index >= 15 is 0 Å². The quantitative estimate of drug-likeness (QED) is 0.893. The molecule has 2 aliphatic rings. The van der Waals surface area contributed by atoms with Crippen molar-refractivity contribution in [3.8, 4) is 0 Å². The van der Waals surface area contributed by atoms with Gasteiger partial charge < -0.3 is 10.0 Å². The summed E-state index contributed by atoms with van der Waals surface area (Å²) in [5.74, 6) is -0.754. The van der Waals surface area contributed by atoms with Crippen LogP contribution in [0.4, 0.5) is 5.69 Å². The molecule has 1 aromatic rings. The molecule has 1 saturated heterocycles. The zero-order valence-corrected chi connectivity index (χ0v) is 12.0. The number of nitrogens with zero attached hydrogens (tertiary/aromatic N) is 2. The molecule has 1 unspecified atom stereocenters. The SMILES string of the molecule is Cc1ccc(N(CC(=O)O)C2CCN(C3CC3)C2)cc1. The van der Waals surface area contributed by atoms with Gasteiger partial charge in [0, 0.05) is 30.9 Å². The van der Waals surface area contributed by atoms with Gasteiger partial charge in [0.25, 0.3) is 0 Å². The molecule has 20 heavy (non-hydrogen) atoms. The third-order valence-corrected chi connectivity index (χ3v) is 4.37. The second kappa shape index (κ2) is 5.44. The van der Waals surface area contributed by atoms with Crippen molar-refractivity contribution in [2.24, 2.45) is 0 Å².